The van der Waals surface area contributed by atoms with Crippen molar-refractivity contribution >= 4 is 25.6 Å². The number of methoxy groups -OCH3 is 1. The van der Waals surface area contributed by atoms with Crippen LogP contribution in [-0.4, -0.2) is 28.0 Å². The van der Waals surface area contributed by atoms with Gasteiger partial charge >= 0.3 is 0 Å². The molecule has 7 heteroatoms. The summed E-state index contributed by atoms with van der Waals surface area (Å²) in [5.74, 6) is 1.27. The first-order chi connectivity index (χ1) is 11.0. The lowest BCUT2D eigenvalue weighted by Crippen LogP contribution is -2.06. The molecule has 0 spiro atoms. The lowest BCUT2D eigenvalue weighted by molar-refractivity contribution is 0.230. The highest BCUT2D eigenvalue weighted by Gasteiger charge is 2.23. The van der Waals surface area contributed by atoms with Crippen molar-refractivity contribution in [3.05, 3.63) is 59.7 Å². The van der Waals surface area contributed by atoms with Gasteiger partial charge in [-0.3, -0.25) is 0 Å². The second-order valence-electron chi connectivity index (χ2n) is 4.99. The standard InChI is InChI=1S/C16H14ClNO4S/c1-21-13-6-2-11(3-7-13)15-10-18-16(22-15)12-4-8-14(9-5-12)23(17,19)20/h2-9,15H,10H2,1H3. The first-order valence-electron chi connectivity index (χ1n) is 6.87. The molecular weight excluding hydrogens is 338 g/mol. The van der Waals surface area contributed by atoms with Gasteiger partial charge in [-0.15, -0.1) is 0 Å². The summed E-state index contributed by atoms with van der Waals surface area (Å²) in [7, 11) is 3.19. The maximum Gasteiger partial charge on any atom is 0.261 e. The lowest BCUT2D eigenvalue weighted by atomic mass is 10.1. The minimum absolute atomic E-state index is 0.0493. The highest BCUT2D eigenvalue weighted by Crippen LogP contribution is 2.27. The van der Waals surface area contributed by atoms with E-state index in [9.17, 15) is 8.42 Å². The summed E-state index contributed by atoms with van der Waals surface area (Å²) in [4.78, 5) is 4.43. The van der Waals surface area contributed by atoms with Crippen LogP contribution in [0.4, 0.5) is 0 Å². The van der Waals surface area contributed by atoms with Crippen LogP contribution in [-0.2, 0) is 13.8 Å². The first kappa shape index (κ1) is 15.8. The van der Waals surface area contributed by atoms with Gasteiger partial charge < -0.3 is 9.47 Å². The van der Waals surface area contributed by atoms with Crippen molar-refractivity contribution in [1.82, 2.24) is 0 Å². The van der Waals surface area contributed by atoms with E-state index in [0.717, 1.165) is 11.3 Å². The van der Waals surface area contributed by atoms with E-state index in [1.54, 1.807) is 19.2 Å². The molecule has 0 radical (unpaired) electrons. The number of halogens is 1. The molecule has 2 aromatic carbocycles. The third kappa shape index (κ3) is 3.48. The van der Waals surface area contributed by atoms with E-state index < -0.39 is 9.05 Å². The molecule has 3 rings (SSSR count). The molecule has 2 aromatic rings. The van der Waals surface area contributed by atoms with E-state index in [4.69, 9.17) is 20.2 Å². The highest BCUT2D eigenvalue weighted by molar-refractivity contribution is 8.13. The molecular formula is C16H14ClNO4S. The Morgan fingerprint density at radius 1 is 1.13 bits per heavy atom. The molecule has 0 saturated carbocycles. The Bertz CT molecular complexity index is 829. The fraction of sp³-hybridized carbons (Fsp3) is 0.188. The average molecular weight is 352 g/mol. The zero-order chi connectivity index (χ0) is 16.4. The van der Waals surface area contributed by atoms with Crippen LogP contribution in [0.5, 0.6) is 5.75 Å². The molecule has 0 fully saturated rings. The number of hydrogen-bond acceptors (Lipinski definition) is 5. The summed E-state index contributed by atoms with van der Waals surface area (Å²) in [6, 6.07) is 13.7. The van der Waals surface area contributed by atoms with E-state index in [0.29, 0.717) is 18.0 Å². The normalized spacial score (nSPS) is 17.5. The molecule has 1 atom stereocenters. The SMILES string of the molecule is COc1ccc(C2CN=C(c3ccc(S(=O)(=O)Cl)cc3)O2)cc1. The number of hydrogen-bond donors (Lipinski definition) is 0. The van der Waals surface area contributed by atoms with Crippen LogP contribution in [0.1, 0.15) is 17.2 Å². The monoisotopic (exact) mass is 351 g/mol. The molecule has 0 aromatic heterocycles. The summed E-state index contributed by atoms with van der Waals surface area (Å²) < 4.78 is 33.5. The summed E-state index contributed by atoms with van der Waals surface area (Å²) in [5, 5.41) is 0. The molecule has 1 aliphatic heterocycles. The van der Waals surface area contributed by atoms with Gasteiger partial charge in [0.15, 0.2) is 0 Å². The smallest absolute Gasteiger partial charge is 0.261 e. The van der Waals surface area contributed by atoms with Crippen molar-refractivity contribution in [2.75, 3.05) is 13.7 Å². The van der Waals surface area contributed by atoms with E-state index in [-0.39, 0.29) is 11.0 Å². The predicted octanol–water partition coefficient (Wildman–Crippen LogP) is 3.14. The van der Waals surface area contributed by atoms with Gasteiger partial charge in [-0.2, -0.15) is 0 Å². The van der Waals surface area contributed by atoms with Crippen LogP contribution < -0.4 is 4.74 Å². The number of ether oxygens (including phenoxy) is 2. The zero-order valence-electron chi connectivity index (χ0n) is 12.3. The lowest BCUT2D eigenvalue weighted by Gasteiger charge is -2.12. The number of rotatable bonds is 4. The largest absolute Gasteiger partial charge is 0.497 e. The van der Waals surface area contributed by atoms with Crippen LogP contribution in [0.15, 0.2) is 58.4 Å². The van der Waals surface area contributed by atoms with Gasteiger partial charge in [0.05, 0.1) is 18.6 Å². The quantitative estimate of drug-likeness (QED) is 0.794. The van der Waals surface area contributed by atoms with Crippen LogP contribution in [0, 0.1) is 0 Å². The third-order valence-electron chi connectivity index (χ3n) is 3.52. The third-order valence-corrected chi connectivity index (χ3v) is 4.89. The van der Waals surface area contributed by atoms with E-state index in [1.807, 2.05) is 24.3 Å². The average Bonchev–Trinajstić information content (AvgIpc) is 3.04. The van der Waals surface area contributed by atoms with Gasteiger partial charge in [-0.25, -0.2) is 13.4 Å². The summed E-state index contributed by atoms with van der Waals surface area (Å²) >= 11 is 0. The van der Waals surface area contributed by atoms with Crippen molar-refractivity contribution in [2.24, 2.45) is 4.99 Å². The Balaban J connectivity index is 1.73. The number of aliphatic imine (C=N–C) groups is 1. The van der Waals surface area contributed by atoms with Crippen LogP contribution >= 0.6 is 10.7 Å². The first-order valence-corrected chi connectivity index (χ1v) is 9.18. The Morgan fingerprint density at radius 2 is 1.78 bits per heavy atom. The van der Waals surface area contributed by atoms with Crippen LogP contribution in [0.2, 0.25) is 0 Å². The molecule has 1 heterocycles. The Hall–Kier alpha value is -2.05. The topological polar surface area (TPSA) is 65.0 Å². The molecule has 23 heavy (non-hydrogen) atoms. The molecule has 0 amide bonds. The summed E-state index contributed by atoms with van der Waals surface area (Å²) in [6.07, 6.45) is -0.160. The Labute approximate surface area is 138 Å². The van der Waals surface area contributed by atoms with Gasteiger partial charge in [-0.05, 0) is 42.0 Å². The fourth-order valence-corrected chi connectivity index (χ4v) is 3.06. The van der Waals surface area contributed by atoms with Crippen molar-refractivity contribution < 1.29 is 17.9 Å². The van der Waals surface area contributed by atoms with E-state index >= 15 is 0 Å². The molecule has 0 saturated heterocycles. The molecule has 5 nitrogen and oxygen atoms in total. The Kier molecular flexibility index (Phi) is 4.28. The van der Waals surface area contributed by atoms with E-state index in [1.165, 1.54) is 12.1 Å². The fourth-order valence-electron chi connectivity index (χ4n) is 2.29. The second-order valence-corrected chi connectivity index (χ2v) is 7.55. The number of benzene rings is 2. The van der Waals surface area contributed by atoms with Crippen molar-refractivity contribution in [2.45, 2.75) is 11.0 Å². The molecule has 0 aliphatic carbocycles. The van der Waals surface area contributed by atoms with Gasteiger partial charge in [0, 0.05) is 16.2 Å². The molecule has 0 N–H and O–H groups in total. The second kappa shape index (κ2) is 6.22. The van der Waals surface area contributed by atoms with Crippen molar-refractivity contribution in [3.8, 4) is 5.75 Å². The zero-order valence-corrected chi connectivity index (χ0v) is 13.8. The highest BCUT2D eigenvalue weighted by atomic mass is 35.7. The molecule has 1 aliphatic rings. The number of nitrogens with zero attached hydrogens (tertiary/aromatic N) is 1. The molecule has 1 unspecified atom stereocenters. The minimum atomic E-state index is -3.72. The van der Waals surface area contributed by atoms with Crippen molar-refractivity contribution in [3.63, 3.8) is 0 Å². The minimum Gasteiger partial charge on any atom is -0.497 e. The van der Waals surface area contributed by atoms with Crippen molar-refractivity contribution in [1.29, 1.82) is 0 Å². The van der Waals surface area contributed by atoms with Gasteiger partial charge in [0.1, 0.15) is 11.9 Å². The Morgan fingerprint density at radius 3 is 2.35 bits per heavy atom. The summed E-state index contributed by atoms with van der Waals surface area (Å²) in [5.41, 5.74) is 1.72. The van der Waals surface area contributed by atoms with Gasteiger partial charge in [0.2, 0.25) is 5.90 Å². The van der Waals surface area contributed by atoms with Gasteiger partial charge in [-0.1, -0.05) is 12.1 Å². The van der Waals surface area contributed by atoms with E-state index in [2.05, 4.69) is 4.99 Å². The van der Waals surface area contributed by atoms with Crippen LogP contribution in [0.25, 0.3) is 0 Å². The molecule has 120 valence electrons. The maximum absolute atomic E-state index is 11.2. The van der Waals surface area contributed by atoms with Crippen LogP contribution in [0.3, 0.4) is 0 Å². The molecule has 0 bridgehead atoms. The van der Waals surface area contributed by atoms with Gasteiger partial charge in [0.25, 0.3) is 9.05 Å². The summed E-state index contributed by atoms with van der Waals surface area (Å²) in [6.45, 7) is 0.511. The predicted molar refractivity (Wildman–Crippen MR) is 87.7 cm³/mol. The maximum atomic E-state index is 11.2.